The Balaban J connectivity index is 1.61. The molecule has 0 saturated heterocycles. The summed E-state index contributed by atoms with van der Waals surface area (Å²) in [5, 5.41) is 13.5. The lowest BCUT2D eigenvalue weighted by Crippen LogP contribution is -2.27. The van der Waals surface area contributed by atoms with Crippen molar-refractivity contribution >= 4 is 29.4 Å². The maximum absolute atomic E-state index is 12.9. The van der Waals surface area contributed by atoms with Crippen molar-refractivity contribution in [2.24, 2.45) is 5.10 Å². The topological polar surface area (TPSA) is 82.0 Å². The van der Waals surface area contributed by atoms with E-state index in [1.165, 1.54) is 12.3 Å². The number of hydrogen-bond donors (Lipinski definition) is 2. The van der Waals surface area contributed by atoms with Gasteiger partial charge >= 0.3 is 0 Å². The second-order valence-corrected chi connectivity index (χ2v) is 6.25. The van der Waals surface area contributed by atoms with Gasteiger partial charge in [0.05, 0.1) is 6.21 Å². The van der Waals surface area contributed by atoms with Gasteiger partial charge < -0.3 is 5.11 Å². The van der Waals surface area contributed by atoms with Crippen LogP contribution in [-0.2, 0) is 9.59 Å². The van der Waals surface area contributed by atoms with Crippen LogP contribution >= 0.6 is 0 Å². The second kappa shape index (κ2) is 9.85. The zero-order valence-corrected chi connectivity index (χ0v) is 15.7. The standard InChI is InChI=1S/C23H21N3O3/c27-21-14-8-7-9-18(21)17-24-25-22(28)15-16-23(29)26(19-10-3-1-4-11-19)20-12-5-2-6-13-20/h1-14,17,27H,15-16H2,(H,25,28). The van der Waals surface area contributed by atoms with Gasteiger partial charge in [0.25, 0.3) is 0 Å². The molecule has 6 nitrogen and oxygen atoms in total. The number of carbonyl (C=O) groups excluding carboxylic acids is 2. The van der Waals surface area contributed by atoms with Crippen molar-refractivity contribution in [3.8, 4) is 5.75 Å². The van der Waals surface area contributed by atoms with Gasteiger partial charge in [0.15, 0.2) is 0 Å². The summed E-state index contributed by atoms with van der Waals surface area (Å²) in [4.78, 5) is 26.5. The average molecular weight is 387 g/mol. The van der Waals surface area contributed by atoms with Crippen molar-refractivity contribution in [1.29, 1.82) is 0 Å². The molecule has 2 N–H and O–H groups in total. The van der Waals surface area contributed by atoms with Gasteiger partial charge in [-0.3, -0.25) is 14.5 Å². The minimum absolute atomic E-state index is 0.00683. The van der Waals surface area contributed by atoms with E-state index in [0.717, 1.165) is 11.4 Å². The molecule has 0 unspecified atom stereocenters. The lowest BCUT2D eigenvalue weighted by Gasteiger charge is -2.23. The Morgan fingerprint density at radius 1 is 0.828 bits per heavy atom. The summed E-state index contributed by atoms with van der Waals surface area (Å²) in [6, 6.07) is 25.3. The first-order valence-corrected chi connectivity index (χ1v) is 9.18. The first-order valence-electron chi connectivity index (χ1n) is 9.18. The van der Waals surface area contributed by atoms with E-state index in [0.29, 0.717) is 5.56 Å². The zero-order valence-electron chi connectivity index (χ0n) is 15.7. The fourth-order valence-electron chi connectivity index (χ4n) is 2.75. The first-order chi connectivity index (χ1) is 14.1. The molecular formula is C23H21N3O3. The van der Waals surface area contributed by atoms with Crippen molar-refractivity contribution < 1.29 is 14.7 Å². The number of nitrogens with zero attached hydrogens (tertiary/aromatic N) is 2. The van der Waals surface area contributed by atoms with Gasteiger partial charge in [0.2, 0.25) is 11.8 Å². The molecule has 0 atom stereocenters. The minimum Gasteiger partial charge on any atom is -0.507 e. The second-order valence-electron chi connectivity index (χ2n) is 6.25. The molecule has 0 saturated carbocycles. The largest absolute Gasteiger partial charge is 0.507 e. The fraction of sp³-hybridized carbons (Fsp3) is 0.0870. The SMILES string of the molecule is O=C(CCC(=O)N(c1ccccc1)c1ccccc1)NN=Cc1ccccc1O. The summed E-state index contributed by atoms with van der Waals surface area (Å²) in [5.74, 6) is -0.504. The van der Waals surface area contributed by atoms with Crippen LogP contribution < -0.4 is 10.3 Å². The number of hydrogen-bond acceptors (Lipinski definition) is 4. The van der Waals surface area contributed by atoms with Crippen molar-refractivity contribution in [2.45, 2.75) is 12.8 Å². The Labute approximate surface area is 169 Å². The first kappa shape index (κ1) is 19.8. The number of phenols is 1. The molecule has 0 fully saturated rings. The average Bonchev–Trinajstić information content (AvgIpc) is 2.75. The Kier molecular flexibility index (Phi) is 6.73. The number of nitrogens with one attached hydrogen (secondary N) is 1. The summed E-state index contributed by atoms with van der Waals surface area (Å²) in [6.07, 6.45) is 1.38. The molecule has 0 heterocycles. The molecule has 146 valence electrons. The Morgan fingerprint density at radius 2 is 1.38 bits per heavy atom. The summed E-state index contributed by atoms with van der Waals surface area (Å²) < 4.78 is 0. The van der Waals surface area contributed by atoms with Crippen LogP contribution in [0.25, 0.3) is 0 Å². The quantitative estimate of drug-likeness (QED) is 0.475. The number of aromatic hydroxyl groups is 1. The van der Waals surface area contributed by atoms with Gasteiger partial charge in [-0.05, 0) is 36.4 Å². The van der Waals surface area contributed by atoms with E-state index in [1.807, 2.05) is 60.7 Å². The highest BCUT2D eigenvalue weighted by Gasteiger charge is 2.18. The van der Waals surface area contributed by atoms with Crippen molar-refractivity contribution in [3.63, 3.8) is 0 Å². The Hall–Kier alpha value is -3.93. The van der Waals surface area contributed by atoms with Gasteiger partial charge in [0.1, 0.15) is 5.75 Å². The molecule has 0 aliphatic carbocycles. The zero-order chi connectivity index (χ0) is 20.5. The molecule has 3 aromatic carbocycles. The van der Waals surface area contributed by atoms with Gasteiger partial charge in [-0.2, -0.15) is 5.10 Å². The van der Waals surface area contributed by atoms with E-state index >= 15 is 0 Å². The normalized spacial score (nSPS) is 10.6. The molecule has 0 spiro atoms. The van der Waals surface area contributed by atoms with Gasteiger partial charge in [-0.15, -0.1) is 0 Å². The summed E-state index contributed by atoms with van der Waals surface area (Å²) in [7, 11) is 0. The molecule has 3 aromatic rings. The van der Waals surface area contributed by atoms with Crippen LogP contribution in [0.3, 0.4) is 0 Å². The van der Waals surface area contributed by atoms with Crippen molar-refractivity contribution in [3.05, 3.63) is 90.5 Å². The van der Waals surface area contributed by atoms with Crippen LogP contribution in [0.15, 0.2) is 90.0 Å². The predicted molar refractivity (Wildman–Crippen MR) is 113 cm³/mol. The van der Waals surface area contributed by atoms with Crippen LogP contribution in [0, 0.1) is 0 Å². The van der Waals surface area contributed by atoms with E-state index in [2.05, 4.69) is 10.5 Å². The molecule has 6 heteroatoms. The van der Waals surface area contributed by atoms with Crippen LogP contribution in [0.5, 0.6) is 5.75 Å². The van der Waals surface area contributed by atoms with Gasteiger partial charge in [0, 0.05) is 29.8 Å². The smallest absolute Gasteiger partial charge is 0.240 e. The molecule has 0 radical (unpaired) electrons. The number of benzene rings is 3. The fourth-order valence-corrected chi connectivity index (χ4v) is 2.75. The Morgan fingerprint density at radius 3 is 1.97 bits per heavy atom. The van der Waals surface area contributed by atoms with Gasteiger partial charge in [-0.25, -0.2) is 5.43 Å². The highest BCUT2D eigenvalue weighted by Crippen LogP contribution is 2.26. The third-order valence-electron chi connectivity index (χ3n) is 4.17. The molecule has 0 bridgehead atoms. The number of hydrazone groups is 1. The molecule has 3 rings (SSSR count). The molecular weight excluding hydrogens is 366 g/mol. The predicted octanol–water partition coefficient (Wildman–Crippen LogP) is 3.99. The number of phenolic OH excluding ortho intramolecular Hbond substituents is 1. The molecule has 2 amide bonds. The molecule has 0 aliphatic heterocycles. The lowest BCUT2D eigenvalue weighted by atomic mass is 10.2. The molecule has 29 heavy (non-hydrogen) atoms. The third kappa shape index (κ3) is 5.52. The van der Waals surface area contributed by atoms with Crippen LogP contribution in [0.4, 0.5) is 11.4 Å². The third-order valence-corrected chi connectivity index (χ3v) is 4.17. The lowest BCUT2D eigenvalue weighted by molar-refractivity contribution is -0.124. The van der Waals surface area contributed by atoms with Gasteiger partial charge in [-0.1, -0.05) is 48.5 Å². The summed E-state index contributed by atoms with van der Waals surface area (Å²) in [6.45, 7) is 0. The highest BCUT2D eigenvalue weighted by atomic mass is 16.3. The Bertz CT molecular complexity index is 949. The van der Waals surface area contributed by atoms with E-state index in [1.54, 1.807) is 23.1 Å². The van der Waals surface area contributed by atoms with E-state index in [-0.39, 0.29) is 30.4 Å². The maximum Gasteiger partial charge on any atom is 0.240 e. The van der Waals surface area contributed by atoms with E-state index in [9.17, 15) is 14.7 Å². The summed E-state index contributed by atoms with van der Waals surface area (Å²) in [5.41, 5.74) is 4.35. The number of carbonyl (C=O) groups is 2. The van der Waals surface area contributed by atoms with Crippen LogP contribution in [-0.4, -0.2) is 23.1 Å². The molecule has 0 aromatic heterocycles. The number of para-hydroxylation sites is 3. The van der Waals surface area contributed by atoms with E-state index < -0.39 is 0 Å². The van der Waals surface area contributed by atoms with Crippen LogP contribution in [0.2, 0.25) is 0 Å². The number of amides is 2. The number of anilines is 2. The highest BCUT2D eigenvalue weighted by molar-refractivity contribution is 6.01. The molecule has 0 aliphatic rings. The summed E-state index contributed by atoms with van der Waals surface area (Å²) >= 11 is 0. The van der Waals surface area contributed by atoms with Crippen molar-refractivity contribution in [1.82, 2.24) is 5.43 Å². The van der Waals surface area contributed by atoms with Crippen LogP contribution in [0.1, 0.15) is 18.4 Å². The van der Waals surface area contributed by atoms with Crippen molar-refractivity contribution in [2.75, 3.05) is 4.90 Å². The monoisotopic (exact) mass is 387 g/mol. The minimum atomic E-state index is -0.383. The number of rotatable bonds is 7. The maximum atomic E-state index is 12.9. The van der Waals surface area contributed by atoms with E-state index in [4.69, 9.17) is 0 Å².